The third kappa shape index (κ3) is 3.68. The van der Waals surface area contributed by atoms with Crippen LogP contribution in [0.5, 0.6) is 0 Å². The Hall–Kier alpha value is -0.950. The summed E-state index contributed by atoms with van der Waals surface area (Å²) in [5.41, 5.74) is 6.56. The van der Waals surface area contributed by atoms with Crippen molar-refractivity contribution in [3.05, 3.63) is 27.5 Å². The van der Waals surface area contributed by atoms with Gasteiger partial charge in [-0.15, -0.1) is 22.7 Å². The van der Waals surface area contributed by atoms with Gasteiger partial charge in [-0.3, -0.25) is 4.79 Å². The van der Waals surface area contributed by atoms with Crippen LogP contribution in [0.3, 0.4) is 0 Å². The Morgan fingerprint density at radius 2 is 2.32 bits per heavy atom. The first-order chi connectivity index (χ1) is 10.7. The second kappa shape index (κ2) is 7.08. The molecule has 0 radical (unpaired) electrons. The van der Waals surface area contributed by atoms with Crippen LogP contribution in [0.4, 0.5) is 0 Å². The van der Waals surface area contributed by atoms with E-state index in [1.54, 1.807) is 11.3 Å². The molecule has 0 saturated heterocycles. The molecule has 118 valence electrons. The van der Waals surface area contributed by atoms with Crippen LogP contribution in [-0.2, 0) is 11.2 Å². The van der Waals surface area contributed by atoms with Crippen LogP contribution < -0.4 is 11.1 Å². The van der Waals surface area contributed by atoms with Gasteiger partial charge in [0.2, 0.25) is 5.91 Å². The maximum Gasteiger partial charge on any atom is 0.226 e. The summed E-state index contributed by atoms with van der Waals surface area (Å²) >= 11 is 8.99. The zero-order valence-corrected chi connectivity index (χ0v) is 14.4. The fourth-order valence-electron chi connectivity index (χ4n) is 2.86. The summed E-state index contributed by atoms with van der Waals surface area (Å²) in [5.74, 6) is 0.453. The van der Waals surface area contributed by atoms with Gasteiger partial charge in [0.15, 0.2) is 0 Å². The van der Waals surface area contributed by atoms with E-state index in [0.29, 0.717) is 18.9 Å². The van der Waals surface area contributed by atoms with E-state index in [0.717, 1.165) is 39.2 Å². The number of aromatic nitrogens is 1. The van der Waals surface area contributed by atoms with Gasteiger partial charge in [0.25, 0.3) is 0 Å². The Kier molecular flexibility index (Phi) is 5.13. The normalized spacial score (nSPS) is 21.2. The number of rotatable bonds is 5. The van der Waals surface area contributed by atoms with Crippen molar-refractivity contribution in [3.63, 3.8) is 0 Å². The molecule has 2 aromatic rings. The largest absolute Gasteiger partial charge is 0.353 e. The number of nitrogens with one attached hydrogen (secondary N) is 1. The lowest BCUT2D eigenvalue weighted by molar-refractivity contribution is -0.121. The molecule has 3 N–H and O–H groups in total. The maximum absolute atomic E-state index is 12.2. The van der Waals surface area contributed by atoms with Crippen molar-refractivity contribution in [1.82, 2.24) is 10.3 Å². The lowest BCUT2D eigenvalue weighted by atomic mass is 10.0. The number of carbonyl (C=O) groups excluding carboxylic acids is 1. The van der Waals surface area contributed by atoms with Crippen LogP contribution in [-0.4, -0.2) is 23.5 Å². The van der Waals surface area contributed by atoms with Gasteiger partial charge in [-0.05, 0) is 37.4 Å². The SMILES string of the molecule is NCC1CCCC1NC(=O)Cc1csc(-c2ccc(Cl)s2)n1. The first-order valence-corrected chi connectivity index (χ1v) is 9.42. The van der Waals surface area contributed by atoms with Gasteiger partial charge in [0.05, 0.1) is 21.3 Å². The Bertz CT molecular complexity index is 655. The molecular formula is C15H18ClN3OS2. The molecule has 2 aromatic heterocycles. The van der Waals surface area contributed by atoms with Crippen LogP contribution in [0.15, 0.2) is 17.5 Å². The first-order valence-electron chi connectivity index (χ1n) is 7.35. The average Bonchev–Trinajstić information content (AvgIpc) is 3.19. The van der Waals surface area contributed by atoms with Crippen LogP contribution in [0, 0.1) is 5.92 Å². The fourth-order valence-corrected chi connectivity index (χ4v) is 4.80. The number of thiophene rings is 1. The molecule has 3 rings (SSSR count). The van der Waals surface area contributed by atoms with E-state index >= 15 is 0 Å². The number of amides is 1. The summed E-state index contributed by atoms with van der Waals surface area (Å²) in [6, 6.07) is 4.05. The Balaban J connectivity index is 1.59. The van der Waals surface area contributed by atoms with Crippen molar-refractivity contribution < 1.29 is 4.79 Å². The van der Waals surface area contributed by atoms with E-state index < -0.39 is 0 Å². The molecule has 4 nitrogen and oxygen atoms in total. The number of hydrogen-bond donors (Lipinski definition) is 2. The number of carbonyl (C=O) groups is 1. The minimum Gasteiger partial charge on any atom is -0.353 e. The number of halogens is 1. The van der Waals surface area contributed by atoms with E-state index in [-0.39, 0.29) is 11.9 Å². The Labute approximate surface area is 142 Å². The van der Waals surface area contributed by atoms with Crippen LogP contribution in [0.1, 0.15) is 25.0 Å². The second-order valence-electron chi connectivity index (χ2n) is 5.53. The topological polar surface area (TPSA) is 68.0 Å². The van der Waals surface area contributed by atoms with Crippen LogP contribution in [0.2, 0.25) is 4.34 Å². The molecule has 1 amide bonds. The van der Waals surface area contributed by atoms with Crippen molar-refractivity contribution in [2.45, 2.75) is 31.7 Å². The van der Waals surface area contributed by atoms with Crippen molar-refractivity contribution in [3.8, 4) is 9.88 Å². The third-order valence-electron chi connectivity index (χ3n) is 3.99. The number of nitrogens with zero attached hydrogens (tertiary/aromatic N) is 1. The first kappa shape index (κ1) is 15.9. The highest BCUT2D eigenvalue weighted by Gasteiger charge is 2.27. The quantitative estimate of drug-likeness (QED) is 0.864. The average molecular weight is 356 g/mol. The minimum atomic E-state index is 0.0337. The maximum atomic E-state index is 12.2. The van der Waals surface area contributed by atoms with E-state index in [4.69, 9.17) is 17.3 Å². The Morgan fingerprint density at radius 3 is 3.05 bits per heavy atom. The summed E-state index contributed by atoms with van der Waals surface area (Å²) in [4.78, 5) is 17.7. The second-order valence-corrected chi connectivity index (χ2v) is 8.10. The monoisotopic (exact) mass is 355 g/mol. The Morgan fingerprint density at radius 1 is 1.45 bits per heavy atom. The molecule has 1 aliphatic carbocycles. The molecule has 2 heterocycles. The van der Waals surface area contributed by atoms with E-state index in [9.17, 15) is 4.79 Å². The van der Waals surface area contributed by atoms with Crippen molar-refractivity contribution in [2.24, 2.45) is 11.7 Å². The molecule has 0 aromatic carbocycles. The van der Waals surface area contributed by atoms with E-state index in [1.807, 2.05) is 17.5 Å². The van der Waals surface area contributed by atoms with Crippen LogP contribution in [0.25, 0.3) is 9.88 Å². The molecule has 7 heteroatoms. The molecule has 0 spiro atoms. The smallest absolute Gasteiger partial charge is 0.226 e. The highest BCUT2D eigenvalue weighted by Crippen LogP contribution is 2.33. The van der Waals surface area contributed by atoms with Crippen molar-refractivity contribution in [1.29, 1.82) is 0 Å². The molecule has 1 fully saturated rings. The van der Waals surface area contributed by atoms with Gasteiger partial charge >= 0.3 is 0 Å². The van der Waals surface area contributed by atoms with Gasteiger partial charge in [-0.25, -0.2) is 4.98 Å². The lowest BCUT2D eigenvalue weighted by Crippen LogP contribution is -2.40. The van der Waals surface area contributed by atoms with Crippen molar-refractivity contribution in [2.75, 3.05) is 6.54 Å². The molecule has 0 aliphatic heterocycles. The zero-order chi connectivity index (χ0) is 15.5. The van der Waals surface area contributed by atoms with Gasteiger partial charge in [0.1, 0.15) is 5.01 Å². The van der Waals surface area contributed by atoms with Gasteiger partial charge in [0, 0.05) is 11.4 Å². The van der Waals surface area contributed by atoms with E-state index in [2.05, 4.69) is 10.3 Å². The third-order valence-corrected chi connectivity index (χ3v) is 6.28. The minimum absolute atomic E-state index is 0.0337. The number of thiazole rings is 1. The summed E-state index contributed by atoms with van der Waals surface area (Å²) in [7, 11) is 0. The lowest BCUT2D eigenvalue weighted by Gasteiger charge is -2.19. The molecule has 22 heavy (non-hydrogen) atoms. The summed E-state index contributed by atoms with van der Waals surface area (Å²) in [5, 5.41) is 5.97. The zero-order valence-electron chi connectivity index (χ0n) is 12.0. The van der Waals surface area contributed by atoms with Gasteiger partial charge in [-0.1, -0.05) is 18.0 Å². The predicted octanol–water partition coefficient (Wildman–Crippen LogP) is 3.31. The van der Waals surface area contributed by atoms with Crippen LogP contribution >= 0.6 is 34.3 Å². The predicted molar refractivity (Wildman–Crippen MR) is 92.5 cm³/mol. The van der Waals surface area contributed by atoms with E-state index in [1.165, 1.54) is 11.3 Å². The molecular weight excluding hydrogens is 338 g/mol. The molecule has 2 atom stereocenters. The summed E-state index contributed by atoms with van der Waals surface area (Å²) < 4.78 is 0.749. The highest BCUT2D eigenvalue weighted by atomic mass is 35.5. The molecule has 1 saturated carbocycles. The highest BCUT2D eigenvalue weighted by molar-refractivity contribution is 7.23. The number of hydrogen-bond acceptors (Lipinski definition) is 5. The number of nitrogens with two attached hydrogens (primary N) is 1. The summed E-state index contributed by atoms with van der Waals surface area (Å²) in [6.45, 7) is 0.644. The fraction of sp³-hybridized carbons (Fsp3) is 0.467. The molecule has 2 unspecified atom stereocenters. The van der Waals surface area contributed by atoms with Gasteiger partial charge < -0.3 is 11.1 Å². The standard InChI is InChI=1S/C15H18ClN3OS2/c16-13-5-4-12(22-13)15-18-10(8-21-15)6-14(20)19-11-3-1-2-9(11)7-17/h4-5,8-9,11H,1-3,6-7,17H2,(H,19,20). The summed E-state index contributed by atoms with van der Waals surface area (Å²) in [6.07, 6.45) is 3.61. The molecule has 0 bridgehead atoms. The van der Waals surface area contributed by atoms with Gasteiger partial charge in [-0.2, -0.15) is 0 Å². The van der Waals surface area contributed by atoms with Crippen molar-refractivity contribution >= 4 is 40.2 Å². The molecule has 1 aliphatic rings.